The Labute approximate surface area is 132 Å². The van der Waals surface area contributed by atoms with E-state index < -0.39 is 9.76 Å². The third-order valence-corrected chi connectivity index (χ3v) is 5.76. The molecule has 20 heavy (non-hydrogen) atoms. The van der Waals surface area contributed by atoms with E-state index >= 15 is 0 Å². The fourth-order valence-corrected chi connectivity index (χ4v) is 4.00. The summed E-state index contributed by atoms with van der Waals surface area (Å²) >= 11 is 3.70. The molecule has 0 aromatic heterocycles. The maximum absolute atomic E-state index is 6.24. The molecule has 1 aromatic carbocycles. The second-order valence-electron chi connectivity index (χ2n) is 6.95. The van der Waals surface area contributed by atoms with Gasteiger partial charge in [0, 0.05) is 0 Å². The SMILES string of the molecule is CC(C)(C)[SiH2]OC(C)(C)C1=C(Br)c2ccccc2CO1. The average molecular weight is 355 g/mol. The lowest BCUT2D eigenvalue weighted by Crippen LogP contribution is -2.34. The molecule has 1 aliphatic rings. The summed E-state index contributed by atoms with van der Waals surface area (Å²) in [6.45, 7) is 11.5. The van der Waals surface area contributed by atoms with Crippen molar-refractivity contribution in [2.75, 3.05) is 0 Å². The smallest absolute Gasteiger partial charge is 0.168 e. The van der Waals surface area contributed by atoms with E-state index in [9.17, 15) is 0 Å². The predicted molar refractivity (Wildman–Crippen MR) is 90.5 cm³/mol. The highest BCUT2D eigenvalue weighted by molar-refractivity contribution is 9.15. The summed E-state index contributed by atoms with van der Waals surface area (Å²) in [5.74, 6) is 0.910. The Morgan fingerprint density at radius 1 is 1.15 bits per heavy atom. The molecule has 0 fully saturated rings. The third kappa shape index (κ3) is 3.54. The number of hydrogen-bond donors (Lipinski definition) is 0. The van der Waals surface area contributed by atoms with Crippen molar-refractivity contribution < 1.29 is 9.16 Å². The van der Waals surface area contributed by atoms with Crippen molar-refractivity contribution in [3.63, 3.8) is 0 Å². The van der Waals surface area contributed by atoms with Crippen molar-refractivity contribution in [2.45, 2.75) is 51.9 Å². The van der Waals surface area contributed by atoms with Gasteiger partial charge in [0.1, 0.15) is 18.0 Å². The molecule has 0 spiro atoms. The average Bonchev–Trinajstić information content (AvgIpc) is 2.36. The highest BCUT2D eigenvalue weighted by Gasteiger charge is 2.33. The number of benzene rings is 1. The predicted octanol–water partition coefficient (Wildman–Crippen LogP) is 4.38. The zero-order chi connectivity index (χ0) is 15.0. The number of hydrogen-bond acceptors (Lipinski definition) is 2. The molecule has 110 valence electrons. The van der Waals surface area contributed by atoms with Crippen LogP contribution in [-0.2, 0) is 15.8 Å². The van der Waals surface area contributed by atoms with Crippen LogP contribution in [0.4, 0.5) is 0 Å². The number of ether oxygens (including phenoxy) is 1. The lowest BCUT2D eigenvalue weighted by atomic mass is 9.99. The van der Waals surface area contributed by atoms with Crippen LogP contribution in [0.2, 0.25) is 5.04 Å². The maximum Gasteiger partial charge on any atom is 0.168 e. The molecule has 1 aromatic rings. The molecule has 0 saturated heterocycles. The van der Waals surface area contributed by atoms with E-state index in [-0.39, 0.29) is 10.6 Å². The Morgan fingerprint density at radius 3 is 2.45 bits per heavy atom. The fraction of sp³-hybridized carbons (Fsp3) is 0.500. The van der Waals surface area contributed by atoms with Crippen LogP contribution in [0.3, 0.4) is 0 Å². The van der Waals surface area contributed by atoms with Gasteiger partial charge in [-0.05, 0) is 45.9 Å². The standard InChI is InChI=1S/C16H23BrO2Si/c1-15(2,3)20-19-16(4,5)14-13(17)12-9-7-6-8-11(12)10-18-14/h6-9H,10,20H2,1-5H3. The van der Waals surface area contributed by atoms with E-state index in [4.69, 9.17) is 9.16 Å². The Hall–Kier alpha value is -0.583. The monoisotopic (exact) mass is 354 g/mol. The number of rotatable bonds is 3. The summed E-state index contributed by atoms with van der Waals surface area (Å²) in [6.07, 6.45) is 0. The molecule has 0 bridgehead atoms. The normalized spacial score (nSPS) is 16.5. The van der Waals surface area contributed by atoms with E-state index in [0.717, 1.165) is 10.2 Å². The second kappa shape index (κ2) is 5.66. The van der Waals surface area contributed by atoms with Gasteiger partial charge >= 0.3 is 0 Å². The molecular weight excluding hydrogens is 332 g/mol. The van der Waals surface area contributed by atoms with Gasteiger partial charge in [-0.1, -0.05) is 45.0 Å². The van der Waals surface area contributed by atoms with Gasteiger partial charge in [0.15, 0.2) is 9.76 Å². The van der Waals surface area contributed by atoms with Crippen LogP contribution in [0.1, 0.15) is 45.7 Å². The van der Waals surface area contributed by atoms with Crippen molar-refractivity contribution in [3.05, 3.63) is 41.2 Å². The van der Waals surface area contributed by atoms with Gasteiger partial charge in [-0.3, -0.25) is 0 Å². The molecule has 0 atom stereocenters. The Morgan fingerprint density at radius 2 is 1.80 bits per heavy atom. The van der Waals surface area contributed by atoms with Gasteiger partial charge in [-0.2, -0.15) is 0 Å². The van der Waals surface area contributed by atoms with Crippen molar-refractivity contribution in [2.24, 2.45) is 0 Å². The van der Waals surface area contributed by atoms with Crippen LogP contribution in [0.25, 0.3) is 4.48 Å². The van der Waals surface area contributed by atoms with Crippen molar-refractivity contribution in [1.29, 1.82) is 0 Å². The Balaban J connectivity index is 2.28. The Bertz CT molecular complexity index is 530. The zero-order valence-electron chi connectivity index (χ0n) is 12.9. The van der Waals surface area contributed by atoms with Gasteiger partial charge in [-0.25, -0.2) is 0 Å². The van der Waals surface area contributed by atoms with E-state index in [1.165, 1.54) is 11.1 Å². The lowest BCUT2D eigenvalue weighted by Gasteiger charge is -2.35. The van der Waals surface area contributed by atoms with Gasteiger partial charge in [0.25, 0.3) is 0 Å². The van der Waals surface area contributed by atoms with Crippen LogP contribution in [0, 0.1) is 0 Å². The molecule has 1 heterocycles. The molecule has 0 unspecified atom stereocenters. The summed E-state index contributed by atoms with van der Waals surface area (Å²) in [5, 5.41) is 0.275. The van der Waals surface area contributed by atoms with Gasteiger partial charge in [-0.15, -0.1) is 0 Å². The first kappa shape index (κ1) is 15.8. The molecule has 2 nitrogen and oxygen atoms in total. The minimum Gasteiger partial charge on any atom is -0.489 e. The van der Waals surface area contributed by atoms with Crippen LogP contribution in [-0.4, -0.2) is 15.4 Å². The van der Waals surface area contributed by atoms with Crippen molar-refractivity contribution in [3.8, 4) is 0 Å². The quantitative estimate of drug-likeness (QED) is 0.750. The number of halogens is 1. The molecule has 0 aliphatic carbocycles. The van der Waals surface area contributed by atoms with Crippen LogP contribution in [0.15, 0.2) is 30.0 Å². The van der Waals surface area contributed by atoms with Gasteiger partial charge in [0.2, 0.25) is 0 Å². The highest BCUT2D eigenvalue weighted by atomic mass is 79.9. The van der Waals surface area contributed by atoms with Crippen LogP contribution in [0.5, 0.6) is 0 Å². The third-order valence-electron chi connectivity index (χ3n) is 3.24. The van der Waals surface area contributed by atoms with Crippen molar-refractivity contribution in [1.82, 2.24) is 0 Å². The van der Waals surface area contributed by atoms with E-state index in [1.54, 1.807) is 0 Å². The molecule has 0 N–H and O–H groups in total. The topological polar surface area (TPSA) is 18.5 Å². The van der Waals surface area contributed by atoms with Gasteiger partial charge < -0.3 is 9.16 Å². The van der Waals surface area contributed by atoms with E-state index in [0.29, 0.717) is 6.61 Å². The minimum absolute atomic E-state index is 0.275. The lowest BCUT2D eigenvalue weighted by molar-refractivity contribution is 0.0530. The molecule has 0 radical (unpaired) electrons. The first-order valence-corrected chi connectivity index (χ1v) is 9.04. The largest absolute Gasteiger partial charge is 0.489 e. The first-order chi connectivity index (χ1) is 9.21. The summed E-state index contributed by atoms with van der Waals surface area (Å²) in [4.78, 5) is 0. The van der Waals surface area contributed by atoms with E-state index in [2.05, 4.69) is 68.7 Å². The molecule has 1 aliphatic heterocycles. The van der Waals surface area contributed by atoms with Crippen LogP contribution >= 0.6 is 15.9 Å². The zero-order valence-corrected chi connectivity index (χ0v) is 15.9. The fourth-order valence-electron chi connectivity index (χ4n) is 2.10. The number of fused-ring (bicyclic) bond motifs is 1. The van der Waals surface area contributed by atoms with E-state index in [1.807, 2.05) is 6.07 Å². The molecule has 4 heteroatoms. The molecular formula is C16H23BrO2Si. The second-order valence-corrected chi connectivity index (χ2v) is 10.4. The summed E-state index contributed by atoms with van der Waals surface area (Å²) in [6, 6.07) is 8.33. The molecule has 0 saturated carbocycles. The van der Waals surface area contributed by atoms with Crippen molar-refractivity contribution >= 4 is 30.2 Å². The molecule has 2 rings (SSSR count). The maximum atomic E-state index is 6.24. The Kier molecular flexibility index (Phi) is 4.47. The first-order valence-electron chi connectivity index (χ1n) is 6.96. The summed E-state index contributed by atoms with van der Waals surface area (Å²) in [7, 11) is -0.633. The summed E-state index contributed by atoms with van der Waals surface area (Å²) in [5.41, 5.74) is 2.04. The minimum atomic E-state index is -0.633. The molecule has 0 amide bonds. The van der Waals surface area contributed by atoms with Crippen LogP contribution < -0.4 is 0 Å². The van der Waals surface area contributed by atoms with Gasteiger partial charge in [0.05, 0.1) is 4.48 Å². The summed E-state index contributed by atoms with van der Waals surface area (Å²) < 4.78 is 13.2. The highest BCUT2D eigenvalue weighted by Crippen LogP contribution is 2.40.